The summed E-state index contributed by atoms with van der Waals surface area (Å²) in [6, 6.07) is 8.06. The molecule has 1 fully saturated rings. The second kappa shape index (κ2) is 7.46. The number of urea groups is 1. The molecule has 0 aromatic heterocycles. The maximum Gasteiger partial charge on any atom is 0.319 e. The molecule has 0 saturated heterocycles. The Morgan fingerprint density at radius 3 is 2.62 bits per heavy atom. The van der Waals surface area contributed by atoms with Crippen LogP contribution in [0.3, 0.4) is 0 Å². The van der Waals surface area contributed by atoms with Crippen LogP contribution in [0.5, 0.6) is 0 Å². The number of hydrogen-bond acceptors (Lipinski definition) is 2. The molecule has 4 heteroatoms. The lowest BCUT2D eigenvalue weighted by molar-refractivity contribution is 0.176. The van der Waals surface area contributed by atoms with Crippen molar-refractivity contribution in [1.82, 2.24) is 5.32 Å². The molecule has 2 rings (SSSR count). The Morgan fingerprint density at radius 2 is 2.00 bits per heavy atom. The van der Waals surface area contributed by atoms with Crippen LogP contribution in [0.4, 0.5) is 10.5 Å². The second-order valence-electron chi connectivity index (χ2n) is 6.28. The van der Waals surface area contributed by atoms with Gasteiger partial charge in [0.05, 0.1) is 0 Å². The molecule has 116 valence electrons. The molecular weight excluding hydrogens is 264 g/mol. The van der Waals surface area contributed by atoms with E-state index in [2.05, 4.69) is 30.5 Å². The zero-order valence-electron chi connectivity index (χ0n) is 12.9. The first-order chi connectivity index (χ1) is 10.1. The van der Waals surface area contributed by atoms with Gasteiger partial charge in [0.15, 0.2) is 0 Å². The Hall–Kier alpha value is -1.55. The predicted molar refractivity (Wildman–Crippen MR) is 85.5 cm³/mol. The summed E-state index contributed by atoms with van der Waals surface area (Å²) in [5.74, 6) is 0.859. The van der Waals surface area contributed by atoms with Crippen LogP contribution in [0, 0.1) is 5.92 Å². The molecule has 0 bridgehead atoms. The van der Waals surface area contributed by atoms with E-state index in [9.17, 15) is 4.79 Å². The molecule has 2 amide bonds. The number of anilines is 1. The maximum absolute atomic E-state index is 12.0. The minimum Gasteiger partial charge on any atom is -0.396 e. The van der Waals surface area contributed by atoms with Gasteiger partial charge in [-0.1, -0.05) is 26.0 Å². The highest BCUT2D eigenvalue weighted by molar-refractivity contribution is 5.89. The van der Waals surface area contributed by atoms with Gasteiger partial charge in [0.25, 0.3) is 0 Å². The molecule has 1 saturated carbocycles. The molecule has 1 aromatic carbocycles. The molecule has 0 spiro atoms. The van der Waals surface area contributed by atoms with Crippen LogP contribution in [-0.4, -0.2) is 23.8 Å². The first-order valence-electron chi connectivity index (χ1n) is 7.87. The minimum absolute atomic E-state index is 0.136. The van der Waals surface area contributed by atoms with Crippen molar-refractivity contribution in [2.45, 2.75) is 51.5 Å². The standard InChI is InChI=1S/C17H26N2O2/c1-12(2)14-4-3-5-16(10-14)19-17(21)18-15-8-6-13(11-20)7-9-15/h3-5,10,12-13,15,20H,6-9,11H2,1-2H3,(H2,18,19,21). The smallest absolute Gasteiger partial charge is 0.319 e. The number of carbonyl (C=O) groups is 1. The van der Waals surface area contributed by atoms with Crippen LogP contribution in [0.15, 0.2) is 24.3 Å². The minimum atomic E-state index is -0.136. The van der Waals surface area contributed by atoms with Crippen molar-refractivity contribution in [3.63, 3.8) is 0 Å². The van der Waals surface area contributed by atoms with Gasteiger partial charge in [-0.2, -0.15) is 0 Å². The third-order valence-corrected chi connectivity index (χ3v) is 4.25. The first-order valence-corrected chi connectivity index (χ1v) is 7.87. The third-order valence-electron chi connectivity index (χ3n) is 4.25. The SMILES string of the molecule is CC(C)c1cccc(NC(=O)NC2CCC(CO)CC2)c1. The Labute approximate surface area is 126 Å². The van der Waals surface area contributed by atoms with Crippen LogP contribution in [0.2, 0.25) is 0 Å². The summed E-state index contributed by atoms with van der Waals surface area (Å²) < 4.78 is 0. The van der Waals surface area contributed by atoms with Crippen molar-refractivity contribution in [2.24, 2.45) is 5.92 Å². The number of nitrogens with one attached hydrogen (secondary N) is 2. The normalized spacial score (nSPS) is 22.1. The van der Waals surface area contributed by atoms with Gasteiger partial charge in [-0.3, -0.25) is 0 Å². The fourth-order valence-corrected chi connectivity index (χ4v) is 2.82. The van der Waals surface area contributed by atoms with Crippen LogP contribution >= 0.6 is 0 Å². The van der Waals surface area contributed by atoms with Gasteiger partial charge in [-0.15, -0.1) is 0 Å². The Balaban J connectivity index is 1.83. The number of carbonyl (C=O) groups excluding carboxylic acids is 1. The van der Waals surface area contributed by atoms with E-state index < -0.39 is 0 Å². The highest BCUT2D eigenvalue weighted by Crippen LogP contribution is 2.24. The second-order valence-corrected chi connectivity index (χ2v) is 6.28. The number of benzene rings is 1. The van der Waals surface area contributed by atoms with E-state index in [-0.39, 0.29) is 18.7 Å². The zero-order chi connectivity index (χ0) is 15.2. The predicted octanol–water partition coefficient (Wildman–Crippen LogP) is 3.48. The van der Waals surface area contributed by atoms with Crippen molar-refractivity contribution in [3.8, 4) is 0 Å². The lowest BCUT2D eigenvalue weighted by Crippen LogP contribution is -2.40. The van der Waals surface area contributed by atoms with E-state index in [1.54, 1.807) is 0 Å². The molecule has 1 aliphatic rings. The molecule has 21 heavy (non-hydrogen) atoms. The highest BCUT2D eigenvalue weighted by Gasteiger charge is 2.21. The number of rotatable bonds is 4. The van der Waals surface area contributed by atoms with Crippen LogP contribution in [-0.2, 0) is 0 Å². The monoisotopic (exact) mass is 290 g/mol. The summed E-state index contributed by atoms with van der Waals surface area (Å²) in [5, 5.41) is 15.1. The van der Waals surface area contributed by atoms with E-state index in [0.29, 0.717) is 11.8 Å². The van der Waals surface area contributed by atoms with Crippen LogP contribution in [0.1, 0.15) is 51.0 Å². The van der Waals surface area contributed by atoms with Gasteiger partial charge in [0, 0.05) is 18.3 Å². The van der Waals surface area contributed by atoms with E-state index in [4.69, 9.17) is 5.11 Å². The van der Waals surface area contributed by atoms with Gasteiger partial charge >= 0.3 is 6.03 Å². The van der Waals surface area contributed by atoms with Crippen molar-refractivity contribution >= 4 is 11.7 Å². The number of aliphatic hydroxyl groups is 1. The summed E-state index contributed by atoms with van der Waals surface area (Å²) in [4.78, 5) is 12.0. The highest BCUT2D eigenvalue weighted by atomic mass is 16.3. The van der Waals surface area contributed by atoms with Crippen LogP contribution in [0.25, 0.3) is 0 Å². The lowest BCUT2D eigenvalue weighted by atomic mass is 9.87. The Bertz CT molecular complexity index is 466. The summed E-state index contributed by atoms with van der Waals surface area (Å²) in [6.45, 7) is 4.54. The van der Waals surface area contributed by atoms with Gasteiger partial charge in [0.2, 0.25) is 0 Å². The van der Waals surface area contributed by atoms with E-state index in [1.165, 1.54) is 5.56 Å². The van der Waals surface area contributed by atoms with Gasteiger partial charge in [-0.25, -0.2) is 4.79 Å². The van der Waals surface area contributed by atoms with Gasteiger partial charge in [0.1, 0.15) is 0 Å². The van der Waals surface area contributed by atoms with Gasteiger partial charge < -0.3 is 15.7 Å². The van der Waals surface area contributed by atoms with Gasteiger partial charge in [-0.05, 0) is 55.2 Å². The average Bonchev–Trinajstić information content (AvgIpc) is 2.48. The van der Waals surface area contributed by atoms with Crippen molar-refractivity contribution < 1.29 is 9.90 Å². The lowest BCUT2D eigenvalue weighted by Gasteiger charge is -2.28. The molecule has 1 aromatic rings. The first kappa shape index (κ1) is 15.8. The largest absolute Gasteiger partial charge is 0.396 e. The van der Waals surface area contributed by atoms with E-state index in [1.807, 2.05) is 18.2 Å². The quantitative estimate of drug-likeness (QED) is 0.795. The maximum atomic E-state index is 12.0. The molecule has 0 heterocycles. The third kappa shape index (κ3) is 4.74. The van der Waals surface area contributed by atoms with Crippen LogP contribution < -0.4 is 10.6 Å². The molecule has 3 N–H and O–H groups in total. The average molecular weight is 290 g/mol. The zero-order valence-corrected chi connectivity index (χ0v) is 12.9. The fourth-order valence-electron chi connectivity index (χ4n) is 2.82. The molecular formula is C17H26N2O2. The fraction of sp³-hybridized carbons (Fsp3) is 0.588. The van der Waals surface area contributed by atoms with Crippen molar-refractivity contribution in [2.75, 3.05) is 11.9 Å². The van der Waals surface area contributed by atoms with E-state index in [0.717, 1.165) is 31.4 Å². The Kier molecular flexibility index (Phi) is 5.62. The number of aliphatic hydroxyl groups excluding tert-OH is 1. The Morgan fingerprint density at radius 1 is 1.29 bits per heavy atom. The van der Waals surface area contributed by atoms with E-state index >= 15 is 0 Å². The molecule has 0 aliphatic heterocycles. The summed E-state index contributed by atoms with van der Waals surface area (Å²) in [7, 11) is 0. The summed E-state index contributed by atoms with van der Waals surface area (Å²) in [5.41, 5.74) is 2.05. The molecule has 0 atom stereocenters. The topological polar surface area (TPSA) is 61.4 Å². The molecule has 1 aliphatic carbocycles. The number of hydrogen-bond donors (Lipinski definition) is 3. The number of amides is 2. The summed E-state index contributed by atoms with van der Waals surface area (Å²) >= 11 is 0. The van der Waals surface area contributed by atoms with Crippen molar-refractivity contribution in [3.05, 3.63) is 29.8 Å². The summed E-state index contributed by atoms with van der Waals surface area (Å²) in [6.07, 6.45) is 3.88. The molecule has 0 unspecified atom stereocenters. The molecule has 0 radical (unpaired) electrons. The van der Waals surface area contributed by atoms with Crippen molar-refractivity contribution in [1.29, 1.82) is 0 Å². The molecule has 4 nitrogen and oxygen atoms in total.